The molecular weight excluding hydrogens is 344 g/mol. The summed E-state index contributed by atoms with van der Waals surface area (Å²) in [5, 5.41) is 8.82. The Labute approximate surface area is 158 Å². The van der Waals surface area contributed by atoms with Gasteiger partial charge in [-0.15, -0.1) is 0 Å². The molecular formula is C19H26N6O2. The number of rotatable bonds is 2. The molecule has 0 saturated carbocycles. The van der Waals surface area contributed by atoms with Gasteiger partial charge in [0.15, 0.2) is 5.69 Å². The van der Waals surface area contributed by atoms with E-state index in [0.717, 1.165) is 42.9 Å². The molecule has 8 nitrogen and oxygen atoms in total. The van der Waals surface area contributed by atoms with Gasteiger partial charge in [-0.1, -0.05) is 0 Å². The summed E-state index contributed by atoms with van der Waals surface area (Å²) < 4.78 is 3.70. The van der Waals surface area contributed by atoms with Crippen molar-refractivity contribution < 1.29 is 9.59 Å². The van der Waals surface area contributed by atoms with Gasteiger partial charge in [0.2, 0.25) is 0 Å². The van der Waals surface area contributed by atoms with Gasteiger partial charge in [0.1, 0.15) is 0 Å². The molecule has 0 aliphatic carbocycles. The van der Waals surface area contributed by atoms with E-state index >= 15 is 0 Å². The summed E-state index contributed by atoms with van der Waals surface area (Å²) in [5.74, 6) is -0.0274. The van der Waals surface area contributed by atoms with E-state index in [1.54, 1.807) is 9.58 Å². The van der Waals surface area contributed by atoms with Gasteiger partial charge in [0.05, 0.1) is 11.3 Å². The van der Waals surface area contributed by atoms with Crippen molar-refractivity contribution in [3.8, 4) is 0 Å². The number of aryl methyl sites for hydroxylation is 4. The molecule has 0 radical (unpaired) electrons. The number of amides is 2. The minimum absolute atomic E-state index is 0.00246. The largest absolute Gasteiger partial charge is 0.335 e. The fourth-order valence-electron chi connectivity index (χ4n) is 4.04. The number of carbonyl (C=O) groups excluding carboxylic acids is 2. The Morgan fingerprint density at radius 2 is 1.59 bits per heavy atom. The summed E-state index contributed by atoms with van der Waals surface area (Å²) in [6.07, 6.45) is 3.27. The summed E-state index contributed by atoms with van der Waals surface area (Å²) in [4.78, 5) is 29.3. The third-order valence-corrected chi connectivity index (χ3v) is 5.71. The van der Waals surface area contributed by atoms with E-state index in [1.807, 2.05) is 36.5 Å². The molecule has 0 N–H and O–H groups in total. The lowest BCUT2D eigenvalue weighted by molar-refractivity contribution is 0.0531. The van der Waals surface area contributed by atoms with Crippen LogP contribution in [0.25, 0.3) is 0 Å². The molecule has 0 unspecified atom stereocenters. The minimum Gasteiger partial charge on any atom is -0.335 e. The number of hydrogen-bond donors (Lipinski definition) is 0. The zero-order chi connectivity index (χ0) is 19.1. The monoisotopic (exact) mass is 370 g/mol. The van der Waals surface area contributed by atoms with Crippen LogP contribution in [0.1, 0.15) is 50.8 Å². The van der Waals surface area contributed by atoms with Crippen molar-refractivity contribution in [1.82, 2.24) is 29.4 Å². The smallest absolute Gasteiger partial charge is 0.274 e. The van der Waals surface area contributed by atoms with Gasteiger partial charge in [0.25, 0.3) is 11.8 Å². The molecule has 0 spiro atoms. The lowest BCUT2D eigenvalue weighted by Crippen LogP contribution is -2.50. The van der Waals surface area contributed by atoms with Crippen molar-refractivity contribution in [2.24, 2.45) is 7.05 Å². The average Bonchev–Trinajstić information content (AvgIpc) is 3.21. The molecule has 4 heterocycles. The van der Waals surface area contributed by atoms with Crippen molar-refractivity contribution in [3.05, 3.63) is 34.4 Å². The zero-order valence-corrected chi connectivity index (χ0v) is 16.2. The SMILES string of the molecule is Cc1nn(C)c(C)c1C(=O)N1CCN(C(=O)c2cc3n(n2)CCCC3)CC1. The van der Waals surface area contributed by atoms with Crippen LogP contribution in [0.15, 0.2) is 6.07 Å². The van der Waals surface area contributed by atoms with Gasteiger partial charge < -0.3 is 9.80 Å². The predicted octanol–water partition coefficient (Wildman–Crippen LogP) is 1.17. The Kier molecular flexibility index (Phi) is 4.49. The maximum absolute atomic E-state index is 12.9. The second kappa shape index (κ2) is 6.83. The van der Waals surface area contributed by atoms with E-state index in [2.05, 4.69) is 10.2 Å². The number of piperazine rings is 1. The first-order chi connectivity index (χ1) is 13.0. The van der Waals surface area contributed by atoms with Crippen molar-refractivity contribution >= 4 is 11.8 Å². The van der Waals surface area contributed by atoms with Crippen molar-refractivity contribution in [3.63, 3.8) is 0 Å². The van der Waals surface area contributed by atoms with E-state index < -0.39 is 0 Å². The first kappa shape index (κ1) is 17.8. The molecule has 144 valence electrons. The van der Waals surface area contributed by atoms with Crippen LogP contribution in [-0.4, -0.2) is 67.4 Å². The highest BCUT2D eigenvalue weighted by Crippen LogP contribution is 2.19. The fraction of sp³-hybridized carbons (Fsp3) is 0.579. The lowest BCUT2D eigenvalue weighted by atomic mass is 10.1. The fourth-order valence-corrected chi connectivity index (χ4v) is 4.04. The predicted molar refractivity (Wildman–Crippen MR) is 99.7 cm³/mol. The van der Waals surface area contributed by atoms with Crippen LogP contribution in [0.2, 0.25) is 0 Å². The van der Waals surface area contributed by atoms with Crippen molar-refractivity contribution in [2.75, 3.05) is 26.2 Å². The highest BCUT2D eigenvalue weighted by molar-refractivity contribution is 5.97. The normalized spacial score (nSPS) is 17.1. The third-order valence-electron chi connectivity index (χ3n) is 5.71. The molecule has 0 atom stereocenters. The third kappa shape index (κ3) is 3.13. The lowest BCUT2D eigenvalue weighted by Gasteiger charge is -2.34. The number of nitrogens with zero attached hydrogens (tertiary/aromatic N) is 6. The highest BCUT2D eigenvalue weighted by Gasteiger charge is 2.29. The average molecular weight is 370 g/mol. The maximum atomic E-state index is 12.9. The summed E-state index contributed by atoms with van der Waals surface area (Å²) in [6.45, 7) is 6.80. The minimum atomic E-state index is -0.0299. The van der Waals surface area contributed by atoms with E-state index in [4.69, 9.17) is 0 Å². The molecule has 2 aromatic rings. The Bertz CT molecular complexity index is 865. The molecule has 1 saturated heterocycles. The number of fused-ring (bicyclic) bond motifs is 1. The number of aromatic nitrogens is 4. The Morgan fingerprint density at radius 3 is 2.19 bits per heavy atom. The second-order valence-corrected chi connectivity index (χ2v) is 7.45. The molecule has 2 aromatic heterocycles. The summed E-state index contributed by atoms with van der Waals surface area (Å²) >= 11 is 0. The van der Waals surface area contributed by atoms with E-state index in [1.165, 1.54) is 0 Å². The number of carbonyl (C=O) groups is 2. The Hall–Kier alpha value is -2.64. The van der Waals surface area contributed by atoms with Crippen molar-refractivity contribution in [1.29, 1.82) is 0 Å². The van der Waals surface area contributed by atoms with E-state index in [0.29, 0.717) is 37.4 Å². The van der Waals surface area contributed by atoms with Gasteiger partial charge in [-0.25, -0.2) is 0 Å². The van der Waals surface area contributed by atoms with Gasteiger partial charge in [-0.3, -0.25) is 19.0 Å². The van der Waals surface area contributed by atoms with E-state index in [9.17, 15) is 9.59 Å². The van der Waals surface area contributed by atoms with E-state index in [-0.39, 0.29) is 11.8 Å². The molecule has 2 aliphatic heterocycles. The van der Waals surface area contributed by atoms with Crippen LogP contribution < -0.4 is 0 Å². The van der Waals surface area contributed by atoms with Crippen LogP contribution in [-0.2, 0) is 20.0 Å². The Morgan fingerprint density at radius 1 is 0.926 bits per heavy atom. The number of hydrogen-bond acceptors (Lipinski definition) is 4. The molecule has 2 aliphatic rings. The molecule has 8 heteroatoms. The summed E-state index contributed by atoms with van der Waals surface area (Å²) in [7, 11) is 1.85. The topological polar surface area (TPSA) is 76.3 Å². The molecule has 0 bridgehead atoms. The molecule has 1 fully saturated rings. The van der Waals surface area contributed by atoms with Gasteiger partial charge in [-0.2, -0.15) is 10.2 Å². The molecule has 0 aromatic carbocycles. The molecule has 2 amide bonds. The van der Waals surface area contributed by atoms with Crippen LogP contribution in [0.3, 0.4) is 0 Å². The zero-order valence-electron chi connectivity index (χ0n) is 16.2. The van der Waals surface area contributed by atoms with Gasteiger partial charge in [-0.05, 0) is 39.2 Å². The molecule has 27 heavy (non-hydrogen) atoms. The first-order valence-electron chi connectivity index (χ1n) is 9.61. The molecule has 4 rings (SSSR count). The standard InChI is InChI=1S/C19H26N6O2/c1-13-17(14(2)22(3)20-13)19(27)24-10-8-23(9-11-24)18(26)16-12-15-6-4-5-7-25(15)21-16/h12H,4-11H2,1-3H3. The second-order valence-electron chi connectivity index (χ2n) is 7.45. The van der Waals surface area contributed by atoms with Crippen molar-refractivity contribution in [2.45, 2.75) is 39.7 Å². The summed E-state index contributed by atoms with van der Waals surface area (Å²) in [6, 6.07) is 1.93. The van der Waals surface area contributed by atoms with Gasteiger partial charge in [0, 0.05) is 51.2 Å². The first-order valence-corrected chi connectivity index (χ1v) is 9.61. The van der Waals surface area contributed by atoms with Crippen LogP contribution >= 0.6 is 0 Å². The summed E-state index contributed by atoms with van der Waals surface area (Å²) in [5.41, 5.74) is 3.99. The maximum Gasteiger partial charge on any atom is 0.274 e. The van der Waals surface area contributed by atoms with Crippen LogP contribution in [0, 0.1) is 13.8 Å². The van der Waals surface area contributed by atoms with Crippen LogP contribution in [0.4, 0.5) is 0 Å². The quantitative estimate of drug-likeness (QED) is 0.795. The van der Waals surface area contributed by atoms with Crippen LogP contribution in [0.5, 0.6) is 0 Å². The highest BCUT2D eigenvalue weighted by atomic mass is 16.2. The van der Waals surface area contributed by atoms with Gasteiger partial charge >= 0.3 is 0 Å². The Balaban J connectivity index is 1.42.